The third-order valence-electron chi connectivity index (χ3n) is 6.25. The molecule has 33 heavy (non-hydrogen) atoms. The Bertz CT molecular complexity index is 482. The van der Waals surface area contributed by atoms with Crippen LogP contribution in [0.4, 0.5) is 0 Å². The number of unbranched alkanes of at least 4 members (excludes halogenated alkanes) is 14. The first-order valence-electron chi connectivity index (χ1n) is 13.5. The van der Waals surface area contributed by atoms with Gasteiger partial charge in [-0.25, -0.2) is 0 Å². The Balaban J connectivity index is 0. The largest absolute Gasteiger partial charge is 0.394 e. The molecule has 1 heterocycles. The third-order valence-corrected chi connectivity index (χ3v) is 6.25. The van der Waals surface area contributed by atoms with Gasteiger partial charge in [0.15, 0.2) is 0 Å². The van der Waals surface area contributed by atoms with Crippen molar-refractivity contribution in [3.05, 3.63) is 0 Å². The van der Waals surface area contributed by atoms with Crippen molar-refractivity contribution in [1.29, 1.82) is 0 Å². The Kier molecular flexibility index (Phi) is 26.3. The molecule has 1 atom stereocenters. The first-order valence-corrected chi connectivity index (χ1v) is 14.9. The van der Waals surface area contributed by atoms with Crippen molar-refractivity contribution in [3.63, 3.8) is 0 Å². The lowest BCUT2D eigenvalue weighted by Crippen LogP contribution is -2.37. The molecular formula is C25H57N3O4S. The van der Waals surface area contributed by atoms with E-state index in [1.807, 2.05) is 0 Å². The molecule has 0 aromatic carbocycles. The zero-order chi connectivity index (χ0) is 25.4. The average molecular weight is 496 g/mol. The molecule has 8 heteroatoms. The fourth-order valence-corrected chi connectivity index (χ4v) is 4.51. The van der Waals surface area contributed by atoms with Gasteiger partial charge in [0.05, 0.1) is 6.17 Å². The van der Waals surface area contributed by atoms with E-state index in [1.54, 1.807) is 0 Å². The lowest BCUT2D eigenvalue weighted by Gasteiger charge is -2.27. The maximum absolute atomic E-state index is 8.74. The van der Waals surface area contributed by atoms with E-state index in [0.717, 1.165) is 6.17 Å². The maximum atomic E-state index is 8.74. The molecule has 0 spiro atoms. The summed E-state index contributed by atoms with van der Waals surface area (Å²) in [5.41, 5.74) is 4.50. The van der Waals surface area contributed by atoms with Crippen molar-refractivity contribution in [2.45, 2.75) is 129 Å². The highest BCUT2D eigenvalue weighted by Crippen LogP contribution is 2.20. The minimum Gasteiger partial charge on any atom is -0.333 e. The lowest BCUT2D eigenvalue weighted by atomic mass is 10.0. The van der Waals surface area contributed by atoms with Crippen LogP contribution in [-0.2, 0) is 10.4 Å². The van der Waals surface area contributed by atoms with E-state index in [-0.39, 0.29) is 0 Å². The first kappa shape index (κ1) is 34.9. The fourth-order valence-electron chi connectivity index (χ4n) is 4.51. The molecule has 1 aliphatic rings. The summed E-state index contributed by atoms with van der Waals surface area (Å²) in [6.07, 6.45) is 25.3. The van der Waals surface area contributed by atoms with E-state index >= 15 is 0 Å². The second-order valence-corrected chi connectivity index (χ2v) is 10.1. The predicted molar refractivity (Wildman–Crippen MR) is 142 cm³/mol. The molecule has 7 nitrogen and oxygen atoms in total. The van der Waals surface area contributed by atoms with Gasteiger partial charge in [0.1, 0.15) is 0 Å². The third kappa shape index (κ3) is 26.2. The van der Waals surface area contributed by atoms with E-state index in [0.29, 0.717) is 0 Å². The Hall–Kier alpha value is -0.250. The van der Waals surface area contributed by atoms with Crippen LogP contribution in [0.15, 0.2) is 0 Å². The minimum absolute atomic E-state index is 0.733. The van der Waals surface area contributed by atoms with Crippen molar-refractivity contribution < 1.29 is 17.5 Å². The molecule has 1 aliphatic heterocycles. The van der Waals surface area contributed by atoms with Crippen LogP contribution >= 0.6 is 0 Å². The van der Waals surface area contributed by atoms with Crippen molar-refractivity contribution in [1.82, 2.24) is 9.80 Å². The molecule has 0 bridgehead atoms. The van der Waals surface area contributed by atoms with Crippen molar-refractivity contribution in [3.8, 4) is 0 Å². The van der Waals surface area contributed by atoms with Crippen LogP contribution in [0.2, 0.25) is 0 Å². The molecule has 1 unspecified atom stereocenters. The maximum Gasteiger partial charge on any atom is 0.394 e. The summed E-state index contributed by atoms with van der Waals surface area (Å²) in [6, 6.07) is 0. The van der Waals surface area contributed by atoms with Crippen LogP contribution < -0.4 is 5.73 Å². The molecule has 0 amide bonds. The van der Waals surface area contributed by atoms with Gasteiger partial charge in [-0.1, -0.05) is 110 Å². The van der Waals surface area contributed by atoms with Gasteiger partial charge in [-0.2, -0.15) is 8.42 Å². The number of likely N-dealkylation sites (N-methyl/N-ethyl adjacent to an activating group) is 1. The van der Waals surface area contributed by atoms with E-state index < -0.39 is 10.4 Å². The minimum atomic E-state index is -4.67. The normalized spacial score (nSPS) is 16.8. The van der Waals surface area contributed by atoms with Crippen molar-refractivity contribution in [2.24, 2.45) is 5.73 Å². The topological polar surface area (TPSA) is 107 Å². The van der Waals surface area contributed by atoms with Crippen molar-refractivity contribution in [2.75, 3.05) is 33.7 Å². The second kappa shape index (κ2) is 24.9. The number of nitrogens with two attached hydrogens (primary N) is 1. The standard InChI is InChI=1S/C24H50N2.CH5N.H2O4S/c1-4-6-7-8-9-10-11-12-13-14-15-16-17-18-19-20-24-25(3)22-23-26(24)21-5-2;1-2;1-5(2,3)4/h24H,4-23H2,1-3H3;2H2,1H3;(H2,1,2,3,4). The zero-order valence-electron chi connectivity index (χ0n) is 22.3. The summed E-state index contributed by atoms with van der Waals surface area (Å²) in [6.45, 7) is 8.45. The number of hydrogen-bond donors (Lipinski definition) is 3. The summed E-state index contributed by atoms with van der Waals surface area (Å²) in [5.74, 6) is 0. The highest BCUT2D eigenvalue weighted by molar-refractivity contribution is 7.79. The van der Waals surface area contributed by atoms with Crippen LogP contribution in [0, 0.1) is 0 Å². The SMILES string of the molecule is CCCCCCCCCCCCCCCCCC1N(C)CCN1CCC.CN.O=S(=O)(O)O. The Morgan fingerprint density at radius 3 is 1.42 bits per heavy atom. The smallest absolute Gasteiger partial charge is 0.333 e. The van der Waals surface area contributed by atoms with Crippen LogP contribution in [-0.4, -0.2) is 67.2 Å². The number of rotatable bonds is 18. The van der Waals surface area contributed by atoms with Gasteiger partial charge in [-0.3, -0.25) is 18.9 Å². The monoisotopic (exact) mass is 495 g/mol. The molecule has 1 fully saturated rings. The summed E-state index contributed by atoms with van der Waals surface area (Å²) in [4.78, 5) is 5.27. The molecule has 0 aromatic heterocycles. The van der Waals surface area contributed by atoms with Crippen LogP contribution in [0.1, 0.15) is 123 Å². The first-order chi connectivity index (χ1) is 15.8. The zero-order valence-corrected chi connectivity index (χ0v) is 23.1. The van der Waals surface area contributed by atoms with Crippen LogP contribution in [0.5, 0.6) is 0 Å². The van der Waals surface area contributed by atoms with Gasteiger partial charge in [-0.05, 0) is 33.5 Å². The fraction of sp³-hybridized carbons (Fsp3) is 1.00. The van der Waals surface area contributed by atoms with Crippen molar-refractivity contribution >= 4 is 10.4 Å². The quantitative estimate of drug-likeness (QED) is 0.154. The Morgan fingerprint density at radius 2 is 1.06 bits per heavy atom. The van der Waals surface area contributed by atoms with Gasteiger partial charge < -0.3 is 5.73 Å². The molecule has 1 saturated heterocycles. The summed E-state index contributed by atoms with van der Waals surface area (Å²) >= 11 is 0. The summed E-state index contributed by atoms with van der Waals surface area (Å²) < 4.78 is 31.6. The molecule has 0 radical (unpaired) electrons. The van der Waals surface area contributed by atoms with E-state index in [4.69, 9.17) is 17.5 Å². The second-order valence-electron chi connectivity index (χ2n) is 9.18. The summed E-state index contributed by atoms with van der Waals surface area (Å²) in [7, 11) is -0.856. The molecule has 0 saturated carbocycles. The molecule has 202 valence electrons. The van der Waals surface area contributed by atoms with E-state index in [2.05, 4.69) is 36.4 Å². The molecule has 4 N–H and O–H groups in total. The van der Waals surface area contributed by atoms with Gasteiger partial charge >= 0.3 is 10.4 Å². The van der Waals surface area contributed by atoms with E-state index in [1.165, 1.54) is 136 Å². The highest BCUT2D eigenvalue weighted by atomic mass is 32.3. The molecule has 0 aromatic rings. The average Bonchev–Trinajstić information content (AvgIpc) is 3.11. The van der Waals surface area contributed by atoms with Gasteiger partial charge in [0, 0.05) is 13.1 Å². The number of nitrogens with zero attached hydrogens (tertiary/aromatic N) is 2. The number of hydrogen-bond acceptors (Lipinski definition) is 5. The highest BCUT2D eigenvalue weighted by Gasteiger charge is 2.27. The molecule has 1 rings (SSSR count). The van der Waals surface area contributed by atoms with E-state index in [9.17, 15) is 0 Å². The lowest BCUT2D eigenvalue weighted by molar-refractivity contribution is 0.145. The molecule has 0 aliphatic carbocycles. The predicted octanol–water partition coefficient (Wildman–Crippen LogP) is 6.15. The van der Waals surface area contributed by atoms with Gasteiger partial charge in [0.25, 0.3) is 0 Å². The Labute approximate surface area is 206 Å². The van der Waals surface area contributed by atoms with Crippen LogP contribution in [0.3, 0.4) is 0 Å². The summed E-state index contributed by atoms with van der Waals surface area (Å²) in [5, 5.41) is 0. The van der Waals surface area contributed by atoms with Gasteiger partial charge in [-0.15, -0.1) is 0 Å². The van der Waals surface area contributed by atoms with Crippen LogP contribution in [0.25, 0.3) is 0 Å². The molecular weight excluding hydrogens is 438 g/mol. The van der Waals surface area contributed by atoms with Gasteiger partial charge in [0.2, 0.25) is 0 Å². The Morgan fingerprint density at radius 1 is 0.697 bits per heavy atom.